The Hall–Kier alpha value is -1.07. The second-order valence-corrected chi connectivity index (χ2v) is 3.30. The first-order chi connectivity index (χ1) is 7.16. The molecule has 15 heavy (non-hydrogen) atoms. The largest absolute Gasteiger partial charge is 0.380 e. The van der Waals surface area contributed by atoms with Gasteiger partial charge in [0.05, 0.1) is 18.5 Å². The second-order valence-electron chi connectivity index (χ2n) is 2.92. The number of rotatable bonds is 5. The number of nitrogens with zero attached hydrogens (tertiary/aromatic N) is 2. The maximum atomic E-state index is 11.4. The second kappa shape index (κ2) is 5.72. The monoisotopic (exact) mass is 231 g/mol. The van der Waals surface area contributed by atoms with Crippen LogP contribution in [-0.4, -0.2) is 29.5 Å². The standard InChI is InChI=1S/C9H14ClN3O2/c1-3-15-5-4-11-7-6-12-13(2)9(14)8(7)10/h6,11H,3-5H2,1-2H3. The Labute approximate surface area is 93.0 Å². The fraction of sp³-hybridized carbons (Fsp3) is 0.556. The lowest BCUT2D eigenvalue weighted by atomic mass is 10.4. The maximum absolute atomic E-state index is 11.4. The smallest absolute Gasteiger partial charge is 0.287 e. The molecule has 0 aromatic carbocycles. The summed E-state index contributed by atoms with van der Waals surface area (Å²) in [6.45, 7) is 3.77. The molecule has 5 nitrogen and oxygen atoms in total. The van der Waals surface area contributed by atoms with Crippen molar-refractivity contribution in [2.45, 2.75) is 6.92 Å². The molecule has 0 fully saturated rings. The molecule has 0 spiro atoms. The van der Waals surface area contributed by atoms with Crippen LogP contribution in [0, 0.1) is 0 Å². The molecule has 6 heteroatoms. The Morgan fingerprint density at radius 1 is 1.67 bits per heavy atom. The molecule has 0 unspecified atom stereocenters. The van der Waals surface area contributed by atoms with Crippen LogP contribution in [0.5, 0.6) is 0 Å². The van der Waals surface area contributed by atoms with Crippen molar-refractivity contribution in [3.8, 4) is 0 Å². The van der Waals surface area contributed by atoms with Crippen molar-refractivity contribution in [1.82, 2.24) is 9.78 Å². The van der Waals surface area contributed by atoms with Gasteiger partial charge in [-0.3, -0.25) is 4.79 Å². The number of ether oxygens (including phenoxy) is 1. The molecule has 0 radical (unpaired) electrons. The van der Waals surface area contributed by atoms with E-state index < -0.39 is 0 Å². The predicted octanol–water partition coefficient (Wildman–Crippen LogP) is 0.882. The molecule has 0 aliphatic heterocycles. The summed E-state index contributed by atoms with van der Waals surface area (Å²) < 4.78 is 6.33. The molecule has 1 aromatic heterocycles. The van der Waals surface area contributed by atoms with Crippen LogP contribution < -0.4 is 10.9 Å². The van der Waals surface area contributed by atoms with Crippen LogP contribution in [0.1, 0.15) is 6.92 Å². The van der Waals surface area contributed by atoms with E-state index in [9.17, 15) is 4.79 Å². The zero-order chi connectivity index (χ0) is 11.3. The minimum absolute atomic E-state index is 0.156. The SMILES string of the molecule is CCOCCNc1cnn(C)c(=O)c1Cl. The van der Waals surface area contributed by atoms with Crippen LogP contribution in [0.25, 0.3) is 0 Å². The zero-order valence-electron chi connectivity index (χ0n) is 8.79. The minimum atomic E-state index is -0.307. The van der Waals surface area contributed by atoms with E-state index >= 15 is 0 Å². The van der Waals surface area contributed by atoms with E-state index in [0.29, 0.717) is 25.4 Å². The van der Waals surface area contributed by atoms with Crippen LogP contribution in [0.3, 0.4) is 0 Å². The summed E-state index contributed by atoms with van der Waals surface area (Å²) in [5, 5.41) is 6.99. The van der Waals surface area contributed by atoms with Crippen molar-refractivity contribution in [1.29, 1.82) is 0 Å². The van der Waals surface area contributed by atoms with Gasteiger partial charge in [0.1, 0.15) is 5.02 Å². The quantitative estimate of drug-likeness (QED) is 0.765. The first kappa shape index (κ1) is 12.0. The topological polar surface area (TPSA) is 56.1 Å². The Balaban J connectivity index is 2.62. The van der Waals surface area contributed by atoms with Gasteiger partial charge in [0.15, 0.2) is 0 Å². The van der Waals surface area contributed by atoms with Crippen molar-refractivity contribution in [2.24, 2.45) is 7.05 Å². The van der Waals surface area contributed by atoms with Crippen LogP contribution in [0.2, 0.25) is 5.02 Å². The Kier molecular flexibility index (Phi) is 4.58. The normalized spacial score (nSPS) is 10.3. The van der Waals surface area contributed by atoms with Crippen LogP contribution in [-0.2, 0) is 11.8 Å². The fourth-order valence-electron chi connectivity index (χ4n) is 1.04. The average molecular weight is 232 g/mol. The number of anilines is 1. The summed E-state index contributed by atoms with van der Waals surface area (Å²) in [7, 11) is 1.55. The summed E-state index contributed by atoms with van der Waals surface area (Å²) in [5.41, 5.74) is 0.234. The molecule has 0 aliphatic rings. The van der Waals surface area contributed by atoms with Gasteiger partial charge < -0.3 is 10.1 Å². The average Bonchev–Trinajstić information content (AvgIpc) is 2.24. The van der Waals surface area contributed by atoms with E-state index in [4.69, 9.17) is 16.3 Å². The summed E-state index contributed by atoms with van der Waals surface area (Å²) in [6, 6.07) is 0. The molecule has 84 valence electrons. The molecular weight excluding hydrogens is 218 g/mol. The third-order valence-electron chi connectivity index (χ3n) is 1.84. The van der Waals surface area contributed by atoms with Crippen molar-refractivity contribution in [3.63, 3.8) is 0 Å². The lowest BCUT2D eigenvalue weighted by Crippen LogP contribution is -2.21. The van der Waals surface area contributed by atoms with Gasteiger partial charge >= 0.3 is 0 Å². The first-order valence-electron chi connectivity index (χ1n) is 4.70. The van der Waals surface area contributed by atoms with Gasteiger partial charge in [-0.1, -0.05) is 11.6 Å². The molecule has 0 saturated carbocycles. The highest BCUT2D eigenvalue weighted by molar-refractivity contribution is 6.32. The molecule has 1 aromatic rings. The highest BCUT2D eigenvalue weighted by Gasteiger charge is 2.05. The van der Waals surface area contributed by atoms with E-state index in [2.05, 4.69) is 10.4 Å². The van der Waals surface area contributed by atoms with E-state index in [1.165, 1.54) is 10.9 Å². The Bertz CT molecular complexity index is 378. The fourth-order valence-corrected chi connectivity index (χ4v) is 1.27. The minimum Gasteiger partial charge on any atom is -0.380 e. The number of aryl methyl sites for hydroxylation is 1. The molecule has 0 amide bonds. The molecule has 1 heterocycles. The van der Waals surface area contributed by atoms with E-state index in [1.54, 1.807) is 7.05 Å². The molecule has 0 saturated heterocycles. The van der Waals surface area contributed by atoms with Crippen LogP contribution in [0.4, 0.5) is 5.69 Å². The van der Waals surface area contributed by atoms with E-state index in [-0.39, 0.29) is 10.6 Å². The molecule has 0 bridgehead atoms. The van der Waals surface area contributed by atoms with E-state index in [0.717, 1.165) is 0 Å². The number of aromatic nitrogens is 2. The lowest BCUT2D eigenvalue weighted by Gasteiger charge is -2.07. The lowest BCUT2D eigenvalue weighted by molar-refractivity contribution is 0.158. The summed E-state index contributed by atoms with van der Waals surface area (Å²) >= 11 is 5.83. The van der Waals surface area contributed by atoms with Crippen LogP contribution in [0.15, 0.2) is 11.0 Å². The number of nitrogens with one attached hydrogen (secondary N) is 1. The third kappa shape index (κ3) is 3.21. The summed E-state index contributed by atoms with van der Waals surface area (Å²) in [4.78, 5) is 11.4. The Morgan fingerprint density at radius 3 is 3.07 bits per heavy atom. The molecule has 0 atom stereocenters. The zero-order valence-corrected chi connectivity index (χ0v) is 9.54. The van der Waals surface area contributed by atoms with Crippen molar-refractivity contribution < 1.29 is 4.74 Å². The number of hydrogen-bond acceptors (Lipinski definition) is 4. The summed E-state index contributed by atoms with van der Waals surface area (Å²) in [6.07, 6.45) is 1.52. The first-order valence-corrected chi connectivity index (χ1v) is 5.08. The highest BCUT2D eigenvalue weighted by Crippen LogP contribution is 2.13. The van der Waals surface area contributed by atoms with Gasteiger partial charge in [0.25, 0.3) is 5.56 Å². The number of hydrogen-bond donors (Lipinski definition) is 1. The van der Waals surface area contributed by atoms with Gasteiger partial charge in [-0.15, -0.1) is 0 Å². The van der Waals surface area contributed by atoms with Gasteiger partial charge in [-0.05, 0) is 6.92 Å². The van der Waals surface area contributed by atoms with Crippen molar-refractivity contribution >= 4 is 17.3 Å². The molecule has 1 rings (SSSR count). The highest BCUT2D eigenvalue weighted by atomic mass is 35.5. The van der Waals surface area contributed by atoms with Crippen molar-refractivity contribution in [3.05, 3.63) is 21.6 Å². The molecular formula is C9H14ClN3O2. The third-order valence-corrected chi connectivity index (χ3v) is 2.21. The maximum Gasteiger partial charge on any atom is 0.287 e. The molecule has 0 aliphatic carbocycles. The van der Waals surface area contributed by atoms with Gasteiger partial charge in [0.2, 0.25) is 0 Å². The van der Waals surface area contributed by atoms with Gasteiger partial charge in [-0.2, -0.15) is 5.10 Å². The molecule has 1 N–H and O–H groups in total. The van der Waals surface area contributed by atoms with E-state index in [1.807, 2.05) is 6.92 Å². The Morgan fingerprint density at radius 2 is 2.40 bits per heavy atom. The predicted molar refractivity (Wildman–Crippen MR) is 59.5 cm³/mol. The number of halogens is 1. The van der Waals surface area contributed by atoms with Gasteiger partial charge in [-0.25, -0.2) is 4.68 Å². The van der Waals surface area contributed by atoms with Crippen molar-refractivity contribution in [2.75, 3.05) is 25.1 Å². The van der Waals surface area contributed by atoms with Crippen LogP contribution >= 0.6 is 11.6 Å². The van der Waals surface area contributed by atoms with Gasteiger partial charge in [0, 0.05) is 20.2 Å². The summed E-state index contributed by atoms with van der Waals surface area (Å²) in [5.74, 6) is 0.